The fourth-order valence-electron chi connectivity index (χ4n) is 3.17. The van der Waals surface area contributed by atoms with Crippen molar-refractivity contribution in [2.45, 2.75) is 27.2 Å². The predicted molar refractivity (Wildman–Crippen MR) is 98.2 cm³/mol. The molecule has 1 heterocycles. The Labute approximate surface area is 147 Å². The minimum absolute atomic E-state index is 0.0392. The number of amides is 2. The van der Waals surface area contributed by atoms with E-state index in [4.69, 9.17) is 4.74 Å². The second-order valence-corrected chi connectivity index (χ2v) is 6.42. The highest BCUT2D eigenvalue weighted by Gasteiger charge is 2.22. The van der Waals surface area contributed by atoms with Crippen molar-refractivity contribution in [2.24, 2.45) is 0 Å². The summed E-state index contributed by atoms with van der Waals surface area (Å²) in [6, 6.07) is 11.5. The van der Waals surface area contributed by atoms with Gasteiger partial charge in [-0.25, -0.2) is 0 Å². The van der Waals surface area contributed by atoms with E-state index in [1.165, 1.54) is 0 Å². The minimum Gasteiger partial charge on any atom is -0.484 e. The van der Waals surface area contributed by atoms with Crippen LogP contribution >= 0.6 is 0 Å². The third-order valence-corrected chi connectivity index (χ3v) is 4.20. The van der Waals surface area contributed by atoms with Crippen LogP contribution in [0.25, 0.3) is 0 Å². The van der Waals surface area contributed by atoms with Crippen molar-refractivity contribution >= 4 is 23.2 Å². The summed E-state index contributed by atoms with van der Waals surface area (Å²) in [5, 5.41) is 2.85. The predicted octanol–water partition coefficient (Wildman–Crippen LogP) is 3.23. The summed E-state index contributed by atoms with van der Waals surface area (Å²) in [5.74, 6) is 0.525. The Bertz CT molecular complexity index is 809. The van der Waals surface area contributed by atoms with Crippen LogP contribution in [0.2, 0.25) is 0 Å². The molecule has 2 aromatic carbocycles. The SMILES string of the molecule is CC(=O)N1CCc2cc(NC(=O)COc3cc(C)cc(C)c3)ccc21. The monoisotopic (exact) mass is 338 g/mol. The van der Waals surface area contributed by atoms with E-state index in [1.54, 1.807) is 11.8 Å². The van der Waals surface area contributed by atoms with Gasteiger partial charge in [-0.1, -0.05) is 6.07 Å². The first-order chi connectivity index (χ1) is 11.9. The van der Waals surface area contributed by atoms with Crippen LogP contribution in [0, 0.1) is 13.8 Å². The molecule has 0 bridgehead atoms. The van der Waals surface area contributed by atoms with E-state index in [-0.39, 0.29) is 18.4 Å². The maximum atomic E-state index is 12.1. The largest absolute Gasteiger partial charge is 0.484 e. The van der Waals surface area contributed by atoms with Crippen molar-refractivity contribution in [1.82, 2.24) is 0 Å². The Balaban J connectivity index is 1.61. The number of carbonyl (C=O) groups is 2. The average Bonchev–Trinajstić information content (AvgIpc) is 2.95. The van der Waals surface area contributed by atoms with E-state index >= 15 is 0 Å². The molecule has 1 aliphatic rings. The molecule has 1 aliphatic heterocycles. The summed E-state index contributed by atoms with van der Waals surface area (Å²) in [6.07, 6.45) is 0.803. The van der Waals surface area contributed by atoms with Crippen LogP contribution in [0.15, 0.2) is 36.4 Å². The van der Waals surface area contributed by atoms with E-state index < -0.39 is 0 Å². The van der Waals surface area contributed by atoms with Crippen LogP contribution in [0.3, 0.4) is 0 Å². The summed E-state index contributed by atoms with van der Waals surface area (Å²) in [5.41, 5.74) is 4.92. The number of carbonyl (C=O) groups excluding carboxylic acids is 2. The lowest BCUT2D eigenvalue weighted by Gasteiger charge is -2.15. The van der Waals surface area contributed by atoms with Crippen LogP contribution < -0.4 is 15.0 Å². The Hall–Kier alpha value is -2.82. The van der Waals surface area contributed by atoms with Gasteiger partial charge in [0, 0.05) is 24.8 Å². The van der Waals surface area contributed by atoms with E-state index in [9.17, 15) is 9.59 Å². The number of hydrogen-bond acceptors (Lipinski definition) is 3. The number of ether oxygens (including phenoxy) is 1. The summed E-state index contributed by atoms with van der Waals surface area (Å²) in [7, 11) is 0. The van der Waals surface area contributed by atoms with E-state index in [1.807, 2.05) is 44.2 Å². The quantitative estimate of drug-likeness (QED) is 0.931. The van der Waals surface area contributed by atoms with Gasteiger partial charge in [-0.05, 0) is 67.3 Å². The number of nitrogens with zero attached hydrogens (tertiary/aromatic N) is 1. The maximum absolute atomic E-state index is 12.1. The summed E-state index contributed by atoms with van der Waals surface area (Å²) < 4.78 is 5.58. The molecular formula is C20H22N2O3. The van der Waals surface area contributed by atoms with Gasteiger partial charge in [-0.2, -0.15) is 0 Å². The van der Waals surface area contributed by atoms with E-state index in [0.717, 1.165) is 34.5 Å². The molecule has 1 N–H and O–H groups in total. The van der Waals surface area contributed by atoms with Crippen molar-refractivity contribution < 1.29 is 14.3 Å². The Morgan fingerprint density at radius 2 is 1.84 bits per heavy atom. The lowest BCUT2D eigenvalue weighted by atomic mass is 10.1. The van der Waals surface area contributed by atoms with Crippen molar-refractivity contribution in [3.05, 3.63) is 53.1 Å². The lowest BCUT2D eigenvalue weighted by Crippen LogP contribution is -2.25. The standard InChI is InChI=1S/C20H22N2O3/c1-13-8-14(2)10-18(9-13)25-12-20(24)21-17-4-5-19-16(11-17)6-7-22(19)15(3)23/h4-5,8-11H,6-7,12H2,1-3H3,(H,21,24). The Morgan fingerprint density at radius 3 is 2.52 bits per heavy atom. The second kappa shape index (κ2) is 6.97. The van der Waals surface area contributed by atoms with Crippen LogP contribution in [0.4, 0.5) is 11.4 Å². The fourth-order valence-corrected chi connectivity index (χ4v) is 3.17. The maximum Gasteiger partial charge on any atom is 0.262 e. The molecule has 5 heteroatoms. The molecule has 2 aromatic rings. The first-order valence-electron chi connectivity index (χ1n) is 8.34. The zero-order chi connectivity index (χ0) is 18.0. The number of nitrogens with one attached hydrogen (secondary N) is 1. The molecule has 5 nitrogen and oxygen atoms in total. The molecular weight excluding hydrogens is 316 g/mol. The number of benzene rings is 2. The third kappa shape index (κ3) is 3.99. The molecule has 130 valence electrons. The van der Waals surface area contributed by atoms with Crippen LogP contribution in [-0.4, -0.2) is 25.0 Å². The van der Waals surface area contributed by atoms with Gasteiger partial charge in [0.15, 0.2) is 6.61 Å². The van der Waals surface area contributed by atoms with Crippen LogP contribution in [0.5, 0.6) is 5.75 Å². The lowest BCUT2D eigenvalue weighted by molar-refractivity contribution is -0.118. The molecule has 25 heavy (non-hydrogen) atoms. The summed E-state index contributed by atoms with van der Waals surface area (Å²) >= 11 is 0. The summed E-state index contributed by atoms with van der Waals surface area (Å²) in [6.45, 7) is 6.20. The van der Waals surface area contributed by atoms with Crippen molar-refractivity contribution in [3.8, 4) is 5.75 Å². The smallest absolute Gasteiger partial charge is 0.262 e. The first-order valence-corrected chi connectivity index (χ1v) is 8.34. The van der Waals surface area contributed by atoms with Gasteiger partial charge in [0.1, 0.15) is 5.75 Å². The number of aryl methyl sites for hydroxylation is 2. The van der Waals surface area contributed by atoms with Crippen molar-refractivity contribution in [2.75, 3.05) is 23.4 Å². The number of anilines is 2. The average molecular weight is 338 g/mol. The molecule has 2 amide bonds. The molecule has 0 unspecified atom stereocenters. The van der Waals surface area contributed by atoms with Gasteiger partial charge in [0.25, 0.3) is 5.91 Å². The molecule has 0 aliphatic carbocycles. The van der Waals surface area contributed by atoms with Gasteiger partial charge < -0.3 is 15.0 Å². The highest BCUT2D eigenvalue weighted by molar-refractivity contribution is 5.95. The molecule has 0 saturated carbocycles. The summed E-state index contributed by atoms with van der Waals surface area (Å²) in [4.78, 5) is 25.5. The zero-order valence-corrected chi connectivity index (χ0v) is 14.8. The van der Waals surface area contributed by atoms with Crippen LogP contribution in [0.1, 0.15) is 23.6 Å². The molecule has 0 radical (unpaired) electrons. The Morgan fingerprint density at radius 1 is 1.12 bits per heavy atom. The normalized spacial score (nSPS) is 12.7. The number of hydrogen-bond donors (Lipinski definition) is 1. The van der Waals surface area contributed by atoms with Gasteiger partial charge in [-0.3, -0.25) is 9.59 Å². The molecule has 0 fully saturated rings. The highest BCUT2D eigenvalue weighted by Crippen LogP contribution is 2.30. The number of rotatable bonds is 4. The molecule has 0 aromatic heterocycles. The van der Waals surface area contributed by atoms with Crippen LogP contribution in [-0.2, 0) is 16.0 Å². The van der Waals surface area contributed by atoms with Gasteiger partial charge in [-0.15, -0.1) is 0 Å². The van der Waals surface area contributed by atoms with Crippen molar-refractivity contribution in [1.29, 1.82) is 0 Å². The van der Waals surface area contributed by atoms with Gasteiger partial charge >= 0.3 is 0 Å². The highest BCUT2D eigenvalue weighted by atomic mass is 16.5. The second-order valence-electron chi connectivity index (χ2n) is 6.42. The zero-order valence-electron chi connectivity index (χ0n) is 14.8. The fraction of sp³-hybridized carbons (Fsp3) is 0.300. The molecule has 0 spiro atoms. The molecule has 0 atom stereocenters. The van der Waals surface area contributed by atoms with Gasteiger partial charge in [0.05, 0.1) is 0 Å². The van der Waals surface area contributed by atoms with E-state index in [2.05, 4.69) is 11.4 Å². The third-order valence-electron chi connectivity index (χ3n) is 4.20. The van der Waals surface area contributed by atoms with E-state index in [0.29, 0.717) is 12.3 Å². The molecule has 3 rings (SSSR count). The van der Waals surface area contributed by atoms with Gasteiger partial charge in [0.2, 0.25) is 5.91 Å². The first kappa shape index (κ1) is 17.0. The molecule has 0 saturated heterocycles. The minimum atomic E-state index is -0.208. The van der Waals surface area contributed by atoms with Crippen molar-refractivity contribution in [3.63, 3.8) is 0 Å². The number of fused-ring (bicyclic) bond motifs is 1. The Kier molecular flexibility index (Phi) is 4.74. The topological polar surface area (TPSA) is 58.6 Å².